The van der Waals surface area contributed by atoms with E-state index < -0.39 is 10.0 Å². The molecule has 0 heterocycles. The molecule has 5 heteroatoms. The average Bonchev–Trinajstić information content (AvgIpc) is 1.84. The van der Waals surface area contributed by atoms with E-state index in [0.29, 0.717) is 6.42 Å². The molecule has 0 unspecified atom stereocenters. The Morgan fingerprint density at radius 1 is 1.56 bits per heavy atom. The highest BCUT2D eigenvalue weighted by atomic mass is 35.5. The first kappa shape index (κ1) is 9.20. The SMILES string of the molecule is CCCCS(=O)(=O)NCl. The van der Waals surface area contributed by atoms with Crippen molar-refractivity contribution in [2.45, 2.75) is 19.8 Å². The lowest BCUT2D eigenvalue weighted by molar-refractivity contribution is 0.590. The lowest BCUT2D eigenvalue weighted by Gasteiger charge is -1.95. The molecule has 0 spiro atoms. The molecule has 0 radical (unpaired) electrons. The Hall–Kier alpha value is 0.200. The van der Waals surface area contributed by atoms with Gasteiger partial charge < -0.3 is 0 Å². The van der Waals surface area contributed by atoms with Crippen molar-refractivity contribution in [3.8, 4) is 0 Å². The third-order valence-corrected chi connectivity index (χ3v) is 2.65. The molecule has 0 aromatic heterocycles. The molecule has 56 valence electrons. The standard InChI is InChI=1S/C4H10ClNO2S/c1-2-3-4-9(7,8)6-5/h6H,2-4H2,1H3. The van der Waals surface area contributed by atoms with Crippen LogP contribution in [0, 0.1) is 0 Å². The van der Waals surface area contributed by atoms with Gasteiger partial charge in [-0.05, 0) is 18.2 Å². The van der Waals surface area contributed by atoms with E-state index in [1.54, 1.807) is 4.24 Å². The number of rotatable bonds is 4. The first-order valence-corrected chi connectivity index (χ1v) is 4.75. The summed E-state index contributed by atoms with van der Waals surface area (Å²) in [6.45, 7) is 1.92. The maximum Gasteiger partial charge on any atom is 0.224 e. The number of unbranched alkanes of at least 4 members (excludes halogenated alkanes) is 1. The van der Waals surface area contributed by atoms with Gasteiger partial charge in [-0.1, -0.05) is 13.3 Å². The quantitative estimate of drug-likeness (QED) is 0.638. The Bertz CT molecular complexity index is 154. The minimum absolute atomic E-state index is 0.118. The zero-order chi connectivity index (χ0) is 7.33. The van der Waals surface area contributed by atoms with E-state index >= 15 is 0 Å². The number of hydrogen-bond acceptors (Lipinski definition) is 2. The fourth-order valence-corrected chi connectivity index (χ4v) is 1.35. The van der Waals surface area contributed by atoms with Crippen molar-refractivity contribution in [3.05, 3.63) is 0 Å². The molecule has 0 aliphatic carbocycles. The van der Waals surface area contributed by atoms with Crippen molar-refractivity contribution in [2.24, 2.45) is 0 Å². The van der Waals surface area contributed by atoms with E-state index in [4.69, 9.17) is 11.8 Å². The Balaban J connectivity index is 3.61. The highest BCUT2D eigenvalue weighted by Crippen LogP contribution is 1.93. The maximum atomic E-state index is 10.5. The highest BCUT2D eigenvalue weighted by molar-refractivity contribution is 7.90. The van der Waals surface area contributed by atoms with Crippen LogP contribution >= 0.6 is 11.8 Å². The fourth-order valence-electron chi connectivity index (χ4n) is 0.373. The van der Waals surface area contributed by atoms with Crippen molar-refractivity contribution < 1.29 is 8.42 Å². The predicted molar refractivity (Wildman–Crippen MR) is 37.7 cm³/mol. The van der Waals surface area contributed by atoms with E-state index in [2.05, 4.69) is 0 Å². The second-order valence-electron chi connectivity index (χ2n) is 1.75. The maximum absolute atomic E-state index is 10.5. The first-order chi connectivity index (χ1) is 4.12. The molecule has 0 atom stereocenters. The first-order valence-electron chi connectivity index (χ1n) is 2.72. The average molecular weight is 172 g/mol. The summed E-state index contributed by atoms with van der Waals surface area (Å²) in [6, 6.07) is 0. The monoisotopic (exact) mass is 171 g/mol. The normalized spacial score (nSPS) is 11.8. The Kier molecular flexibility index (Phi) is 4.18. The van der Waals surface area contributed by atoms with E-state index in [0.717, 1.165) is 6.42 Å². The molecule has 3 nitrogen and oxygen atoms in total. The molecular formula is C4H10ClNO2S. The van der Waals surface area contributed by atoms with Crippen LogP contribution in [0.25, 0.3) is 0 Å². The summed E-state index contributed by atoms with van der Waals surface area (Å²) in [5.74, 6) is 0.118. The summed E-state index contributed by atoms with van der Waals surface area (Å²) < 4.78 is 22.8. The zero-order valence-corrected chi connectivity index (χ0v) is 6.80. The molecule has 1 N–H and O–H groups in total. The molecule has 9 heavy (non-hydrogen) atoms. The summed E-state index contributed by atoms with van der Waals surface area (Å²) in [5.41, 5.74) is 0. The predicted octanol–water partition coefficient (Wildman–Crippen LogP) is 0.860. The van der Waals surface area contributed by atoms with Gasteiger partial charge in [0.15, 0.2) is 0 Å². The van der Waals surface area contributed by atoms with Crippen molar-refractivity contribution in [1.29, 1.82) is 0 Å². The van der Waals surface area contributed by atoms with Crippen LogP contribution in [0.15, 0.2) is 0 Å². The number of sulfonamides is 1. The molecule has 0 rings (SSSR count). The summed E-state index contributed by atoms with van der Waals surface area (Å²) in [4.78, 5) is 0. The van der Waals surface area contributed by atoms with Crippen LogP contribution in [-0.2, 0) is 10.0 Å². The van der Waals surface area contributed by atoms with Crippen LogP contribution < -0.4 is 4.24 Å². The minimum Gasteiger partial charge on any atom is -0.211 e. The lowest BCUT2D eigenvalue weighted by atomic mass is 10.4. The molecular weight excluding hydrogens is 162 g/mol. The largest absolute Gasteiger partial charge is 0.224 e. The van der Waals surface area contributed by atoms with Crippen molar-refractivity contribution in [1.82, 2.24) is 4.24 Å². The minimum atomic E-state index is -3.17. The Morgan fingerprint density at radius 3 is 2.44 bits per heavy atom. The fraction of sp³-hybridized carbons (Fsp3) is 1.00. The summed E-state index contributed by atoms with van der Waals surface area (Å²) in [6.07, 6.45) is 1.51. The van der Waals surface area contributed by atoms with Gasteiger partial charge in [0.05, 0.1) is 5.75 Å². The Morgan fingerprint density at radius 2 is 2.11 bits per heavy atom. The topological polar surface area (TPSA) is 46.2 Å². The zero-order valence-electron chi connectivity index (χ0n) is 5.22. The van der Waals surface area contributed by atoms with Gasteiger partial charge in [0.1, 0.15) is 0 Å². The van der Waals surface area contributed by atoms with Crippen LogP contribution in [0.3, 0.4) is 0 Å². The second kappa shape index (κ2) is 4.09. The van der Waals surface area contributed by atoms with Crippen LogP contribution in [0.1, 0.15) is 19.8 Å². The summed E-state index contributed by atoms with van der Waals surface area (Å²) in [5, 5.41) is 0. The van der Waals surface area contributed by atoms with Gasteiger partial charge in [-0.3, -0.25) is 0 Å². The van der Waals surface area contributed by atoms with Crippen LogP contribution in [0.2, 0.25) is 0 Å². The second-order valence-corrected chi connectivity index (χ2v) is 4.00. The summed E-state index contributed by atoms with van der Waals surface area (Å²) >= 11 is 4.89. The molecule has 0 aromatic carbocycles. The Labute approximate surface area is 60.6 Å². The van der Waals surface area contributed by atoms with Crippen molar-refractivity contribution in [3.63, 3.8) is 0 Å². The van der Waals surface area contributed by atoms with Gasteiger partial charge in [0, 0.05) is 0 Å². The van der Waals surface area contributed by atoms with Crippen LogP contribution in [-0.4, -0.2) is 14.2 Å². The number of nitrogens with one attached hydrogen (secondary N) is 1. The number of halogens is 1. The van der Waals surface area contributed by atoms with Gasteiger partial charge in [-0.25, -0.2) is 8.42 Å². The highest BCUT2D eigenvalue weighted by Gasteiger charge is 2.04. The third-order valence-electron chi connectivity index (χ3n) is 0.884. The van der Waals surface area contributed by atoms with Gasteiger partial charge in [-0.15, -0.1) is 4.24 Å². The van der Waals surface area contributed by atoms with E-state index in [1.807, 2.05) is 6.92 Å². The van der Waals surface area contributed by atoms with E-state index in [1.165, 1.54) is 0 Å². The van der Waals surface area contributed by atoms with E-state index in [9.17, 15) is 8.42 Å². The van der Waals surface area contributed by atoms with Crippen molar-refractivity contribution in [2.75, 3.05) is 5.75 Å². The van der Waals surface area contributed by atoms with E-state index in [-0.39, 0.29) is 5.75 Å². The molecule has 0 saturated carbocycles. The molecule has 0 fully saturated rings. The molecule has 0 aliphatic rings. The van der Waals surface area contributed by atoms with Crippen molar-refractivity contribution >= 4 is 21.8 Å². The lowest BCUT2D eigenvalue weighted by Crippen LogP contribution is -2.16. The molecule has 0 aromatic rings. The molecule has 0 amide bonds. The third kappa shape index (κ3) is 4.69. The molecule has 0 saturated heterocycles. The molecule has 0 bridgehead atoms. The van der Waals surface area contributed by atoms with Crippen LogP contribution in [0.4, 0.5) is 0 Å². The van der Waals surface area contributed by atoms with Gasteiger partial charge in [0.25, 0.3) is 0 Å². The van der Waals surface area contributed by atoms with Crippen LogP contribution in [0.5, 0.6) is 0 Å². The smallest absolute Gasteiger partial charge is 0.211 e. The van der Waals surface area contributed by atoms with Gasteiger partial charge in [0.2, 0.25) is 10.0 Å². The number of hydrogen-bond donors (Lipinski definition) is 1. The van der Waals surface area contributed by atoms with Gasteiger partial charge >= 0.3 is 0 Å². The molecule has 0 aliphatic heterocycles. The van der Waals surface area contributed by atoms with Gasteiger partial charge in [-0.2, -0.15) is 0 Å². The summed E-state index contributed by atoms with van der Waals surface area (Å²) in [7, 11) is -3.17.